The number of sulfonamides is 1. The Hall–Kier alpha value is -0.900. The summed E-state index contributed by atoms with van der Waals surface area (Å²) < 4.78 is 38.0. The molecule has 6 nitrogen and oxygen atoms in total. The molecule has 9 heteroatoms. The predicted molar refractivity (Wildman–Crippen MR) is 83.5 cm³/mol. The van der Waals surface area contributed by atoms with Gasteiger partial charge in [0.05, 0.1) is 0 Å². The average molecular weight is 335 g/mol. The van der Waals surface area contributed by atoms with Crippen LogP contribution in [0.25, 0.3) is 0 Å². The molecule has 1 aromatic heterocycles. The zero-order valence-electron chi connectivity index (χ0n) is 11.2. The van der Waals surface area contributed by atoms with Crippen LogP contribution in [-0.4, -0.2) is 40.6 Å². The van der Waals surface area contributed by atoms with E-state index in [0.29, 0.717) is 6.42 Å². The summed E-state index contributed by atoms with van der Waals surface area (Å²) in [6.45, 7) is 1.99. The van der Waals surface area contributed by atoms with Crippen LogP contribution in [0.3, 0.4) is 0 Å². The van der Waals surface area contributed by atoms with Crippen molar-refractivity contribution in [3.63, 3.8) is 0 Å². The molecule has 2 unspecified atom stereocenters. The molecule has 1 heterocycles. The fourth-order valence-corrected chi connectivity index (χ4v) is 3.33. The van der Waals surface area contributed by atoms with Gasteiger partial charge in [-0.15, -0.1) is 0 Å². The number of aromatic nitrogens is 1. The van der Waals surface area contributed by atoms with E-state index in [1.54, 1.807) is 13.2 Å². The Morgan fingerprint density at radius 3 is 2.80 bits per heavy atom. The first-order chi connectivity index (χ1) is 9.25. The Morgan fingerprint density at radius 1 is 1.60 bits per heavy atom. The SMILES string of the molecule is CC(CCNS(=O)(=O)c1cccnc1C(N)=S)S(C)=O. The maximum absolute atomic E-state index is 12.2. The summed E-state index contributed by atoms with van der Waals surface area (Å²) in [6, 6.07) is 2.89. The second-order valence-electron chi connectivity index (χ2n) is 4.21. The van der Waals surface area contributed by atoms with Gasteiger partial charge in [-0.2, -0.15) is 0 Å². The summed E-state index contributed by atoms with van der Waals surface area (Å²) in [4.78, 5) is 3.76. The van der Waals surface area contributed by atoms with E-state index in [4.69, 9.17) is 18.0 Å². The molecule has 0 spiro atoms. The third kappa shape index (κ3) is 4.58. The molecule has 0 saturated heterocycles. The highest BCUT2D eigenvalue weighted by atomic mass is 32.2. The summed E-state index contributed by atoms with van der Waals surface area (Å²) in [5.74, 6) is 0. The largest absolute Gasteiger partial charge is 0.388 e. The molecule has 1 aromatic rings. The van der Waals surface area contributed by atoms with Crippen LogP contribution in [0.4, 0.5) is 0 Å². The molecule has 0 radical (unpaired) electrons. The second kappa shape index (κ2) is 7.21. The number of hydrogen-bond acceptors (Lipinski definition) is 5. The average Bonchev–Trinajstić information content (AvgIpc) is 2.38. The zero-order valence-corrected chi connectivity index (χ0v) is 13.6. The minimum atomic E-state index is -3.74. The standard InChI is InChI=1S/C11H17N3O3S3/c1-8(19(2)15)5-7-14-20(16,17)9-4-3-6-13-10(9)11(12)18/h3-4,6,8,14H,5,7H2,1-2H3,(H2,12,18). The van der Waals surface area contributed by atoms with E-state index in [1.165, 1.54) is 18.3 Å². The number of thiocarbonyl (C=S) groups is 1. The fourth-order valence-electron chi connectivity index (χ4n) is 1.43. The smallest absolute Gasteiger partial charge is 0.242 e. The molecule has 0 saturated carbocycles. The number of nitrogens with two attached hydrogens (primary N) is 1. The minimum Gasteiger partial charge on any atom is -0.388 e. The molecule has 1 rings (SSSR count). The third-order valence-corrected chi connectivity index (χ3v) is 5.76. The molecular formula is C11H17N3O3S3. The van der Waals surface area contributed by atoms with Gasteiger partial charge in [0.1, 0.15) is 15.6 Å². The van der Waals surface area contributed by atoms with Gasteiger partial charge in [-0.05, 0) is 18.6 Å². The van der Waals surface area contributed by atoms with Crippen LogP contribution in [-0.2, 0) is 20.8 Å². The molecule has 0 aliphatic rings. The van der Waals surface area contributed by atoms with Gasteiger partial charge in [-0.25, -0.2) is 13.1 Å². The molecule has 3 N–H and O–H groups in total. The van der Waals surface area contributed by atoms with Crippen LogP contribution in [0, 0.1) is 0 Å². The summed E-state index contributed by atoms with van der Waals surface area (Å²) in [6.07, 6.45) is 3.49. The fraction of sp³-hybridized carbons (Fsp3) is 0.455. The highest BCUT2D eigenvalue weighted by Gasteiger charge is 2.20. The van der Waals surface area contributed by atoms with Crippen molar-refractivity contribution in [2.75, 3.05) is 12.8 Å². The highest BCUT2D eigenvalue weighted by molar-refractivity contribution is 7.89. The van der Waals surface area contributed by atoms with Crippen molar-refractivity contribution in [3.8, 4) is 0 Å². The number of rotatable bonds is 7. The Morgan fingerprint density at radius 2 is 2.25 bits per heavy atom. The number of nitrogens with zero attached hydrogens (tertiary/aromatic N) is 1. The molecule has 2 atom stereocenters. The van der Waals surface area contributed by atoms with E-state index in [9.17, 15) is 12.6 Å². The molecule has 0 aromatic carbocycles. The van der Waals surface area contributed by atoms with E-state index in [2.05, 4.69) is 9.71 Å². The van der Waals surface area contributed by atoms with Crippen molar-refractivity contribution in [1.82, 2.24) is 9.71 Å². The summed E-state index contributed by atoms with van der Waals surface area (Å²) in [7, 11) is -4.72. The van der Waals surface area contributed by atoms with Crippen molar-refractivity contribution in [1.29, 1.82) is 0 Å². The van der Waals surface area contributed by atoms with Crippen LogP contribution < -0.4 is 10.5 Å². The molecule has 0 bridgehead atoms. The maximum atomic E-state index is 12.2. The first kappa shape index (κ1) is 17.2. The molecule has 0 fully saturated rings. The number of nitrogens with one attached hydrogen (secondary N) is 1. The Balaban J connectivity index is 2.85. The first-order valence-corrected chi connectivity index (χ1v) is 9.33. The van der Waals surface area contributed by atoms with Crippen LogP contribution in [0.2, 0.25) is 0 Å². The monoisotopic (exact) mass is 335 g/mol. The quantitative estimate of drug-likeness (QED) is 0.688. The topological polar surface area (TPSA) is 102 Å². The van der Waals surface area contributed by atoms with Crippen LogP contribution >= 0.6 is 12.2 Å². The molecule has 112 valence electrons. The third-order valence-electron chi connectivity index (χ3n) is 2.70. The van der Waals surface area contributed by atoms with E-state index in [0.717, 1.165) is 0 Å². The van der Waals surface area contributed by atoms with Gasteiger partial charge in [0, 0.05) is 35.0 Å². The van der Waals surface area contributed by atoms with Crippen LogP contribution in [0.1, 0.15) is 19.0 Å². The molecule has 20 heavy (non-hydrogen) atoms. The Bertz CT molecular complexity index is 616. The summed E-state index contributed by atoms with van der Waals surface area (Å²) in [5.41, 5.74) is 5.54. The van der Waals surface area contributed by atoms with Gasteiger partial charge in [0.2, 0.25) is 10.0 Å². The van der Waals surface area contributed by atoms with Gasteiger partial charge in [0.25, 0.3) is 0 Å². The number of pyridine rings is 1. The van der Waals surface area contributed by atoms with Crippen molar-refractivity contribution < 1.29 is 12.6 Å². The van der Waals surface area contributed by atoms with Gasteiger partial charge < -0.3 is 5.73 Å². The Labute approximate surface area is 126 Å². The maximum Gasteiger partial charge on any atom is 0.242 e. The first-order valence-electron chi connectivity index (χ1n) is 5.82. The molecular weight excluding hydrogens is 318 g/mol. The summed E-state index contributed by atoms with van der Waals surface area (Å²) >= 11 is 4.79. The minimum absolute atomic E-state index is 0.0437. The van der Waals surface area contributed by atoms with Gasteiger partial charge >= 0.3 is 0 Å². The molecule has 0 aliphatic heterocycles. The van der Waals surface area contributed by atoms with E-state index in [1.807, 2.05) is 0 Å². The zero-order chi connectivity index (χ0) is 15.3. The molecule has 0 aliphatic carbocycles. The lowest BCUT2D eigenvalue weighted by Crippen LogP contribution is -2.30. The van der Waals surface area contributed by atoms with Crippen molar-refractivity contribution >= 4 is 38.0 Å². The molecule has 0 amide bonds. The van der Waals surface area contributed by atoms with E-state index in [-0.39, 0.29) is 27.4 Å². The van der Waals surface area contributed by atoms with E-state index >= 15 is 0 Å². The second-order valence-corrected chi connectivity index (χ2v) is 8.19. The predicted octanol–water partition coefficient (Wildman–Crippen LogP) is 0.151. The van der Waals surface area contributed by atoms with Gasteiger partial charge in [-0.1, -0.05) is 19.1 Å². The lowest BCUT2D eigenvalue weighted by atomic mass is 10.3. The lowest BCUT2D eigenvalue weighted by molar-refractivity contribution is 0.577. The van der Waals surface area contributed by atoms with Crippen LogP contribution in [0.15, 0.2) is 23.2 Å². The van der Waals surface area contributed by atoms with Gasteiger partial charge in [-0.3, -0.25) is 9.19 Å². The van der Waals surface area contributed by atoms with Crippen molar-refractivity contribution in [2.24, 2.45) is 5.73 Å². The van der Waals surface area contributed by atoms with Crippen molar-refractivity contribution in [2.45, 2.75) is 23.5 Å². The highest BCUT2D eigenvalue weighted by Crippen LogP contribution is 2.13. The summed E-state index contributed by atoms with van der Waals surface area (Å²) in [5, 5.41) is -0.0818. The van der Waals surface area contributed by atoms with E-state index < -0.39 is 20.8 Å². The lowest BCUT2D eigenvalue weighted by Gasteiger charge is -2.11. The van der Waals surface area contributed by atoms with Crippen molar-refractivity contribution in [3.05, 3.63) is 24.0 Å². The Kier molecular flexibility index (Phi) is 6.18. The van der Waals surface area contributed by atoms with Gasteiger partial charge in [0.15, 0.2) is 0 Å². The van der Waals surface area contributed by atoms with Crippen LogP contribution in [0.5, 0.6) is 0 Å². The normalized spacial score (nSPS) is 14.7. The number of hydrogen-bond donors (Lipinski definition) is 2.